The molecule has 1 amide bonds. The van der Waals surface area contributed by atoms with E-state index >= 15 is 0 Å². The van der Waals surface area contributed by atoms with E-state index in [2.05, 4.69) is 26.0 Å². The molecule has 4 aromatic rings. The Hall–Kier alpha value is -4.47. The number of anilines is 2. The number of piperazine rings is 1. The molecule has 4 heterocycles. The number of carbonyl (C=O) groups is 1. The molecule has 0 atom stereocenters. The van der Waals surface area contributed by atoms with Gasteiger partial charge in [0.25, 0.3) is 11.9 Å². The first-order chi connectivity index (χ1) is 17.6. The second-order valence-corrected chi connectivity index (χ2v) is 8.92. The van der Waals surface area contributed by atoms with E-state index in [9.17, 15) is 4.79 Å². The molecule has 2 N–H and O–H groups in total. The van der Waals surface area contributed by atoms with Crippen molar-refractivity contribution in [2.45, 2.75) is 12.8 Å². The number of hydrogen-bond donors (Lipinski definition) is 1. The largest absolute Gasteiger partial charge is 0.497 e. The summed E-state index contributed by atoms with van der Waals surface area (Å²) in [5, 5.41) is 4.38. The lowest BCUT2D eigenvalue weighted by Gasteiger charge is -2.35. The van der Waals surface area contributed by atoms with E-state index in [4.69, 9.17) is 15.5 Å². The number of aryl methyl sites for hydroxylation is 2. The standard InChI is InChI=1S/C26H26N8O2/c1-36-20-4-5-21-17(14-20)2-3-18-15-29-26(30-23(18)21)34-16-22(24(27)31-34)25(35)33-12-10-32(11-13-33)19-6-8-28-9-7-19/h4-9,14-16H,2-3,10-13H2,1H3,(H2,27,31). The van der Waals surface area contributed by atoms with Crippen molar-refractivity contribution in [1.82, 2.24) is 29.6 Å². The van der Waals surface area contributed by atoms with Gasteiger partial charge in [0.15, 0.2) is 5.82 Å². The first kappa shape index (κ1) is 22.0. The van der Waals surface area contributed by atoms with Gasteiger partial charge in [-0.2, -0.15) is 0 Å². The van der Waals surface area contributed by atoms with Crippen molar-refractivity contribution in [3.05, 3.63) is 71.8 Å². The van der Waals surface area contributed by atoms with Gasteiger partial charge in [-0.1, -0.05) is 0 Å². The Bertz CT molecular complexity index is 1430. The summed E-state index contributed by atoms with van der Waals surface area (Å²) in [5.41, 5.74) is 11.9. The molecule has 36 heavy (non-hydrogen) atoms. The average Bonchev–Trinajstić information content (AvgIpc) is 3.33. The third-order valence-corrected chi connectivity index (χ3v) is 6.86. The van der Waals surface area contributed by atoms with Crippen LogP contribution in [0, 0.1) is 0 Å². The maximum absolute atomic E-state index is 13.3. The van der Waals surface area contributed by atoms with Gasteiger partial charge < -0.3 is 20.3 Å². The van der Waals surface area contributed by atoms with Crippen molar-refractivity contribution in [2.75, 3.05) is 43.9 Å². The Morgan fingerprint density at radius 2 is 1.81 bits per heavy atom. The summed E-state index contributed by atoms with van der Waals surface area (Å²) in [7, 11) is 1.67. The fraction of sp³-hybridized carbons (Fsp3) is 0.269. The first-order valence-corrected chi connectivity index (χ1v) is 11.9. The zero-order valence-electron chi connectivity index (χ0n) is 20.0. The molecular weight excluding hydrogens is 456 g/mol. The number of ether oxygens (including phenoxy) is 1. The SMILES string of the molecule is COc1ccc2c(c1)CCc1cnc(-n3cc(C(=O)N4CCN(c5ccncc5)CC4)c(N)n3)nc1-2. The minimum absolute atomic E-state index is 0.136. The molecule has 1 aliphatic carbocycles. The maximum atomic E-state index is 13.3. The number of pyridine rings is 1. The van der Waals surface area contributed by atoms with Gasteiger partial charge in [-0.15, -0.1) is 5.10 Å². The van der Waals surface area contributed by atoms with Crippen molar-refractivity contribution in [1.29, 1.82) is 0 Å². The predicted molar refractivity (Wildman–Crippen MR) is 135 cm³/mol. The molecule has 2 aliphatic rings. The minimum atomic E-state index is -0.136. The number of nitrogens with zero attached hydrogens (tertiary/aromatic N) is 7. The molecule has 6 rings (SSSR count). The average molecular weight is 483 g/mol. The number of nitrogens with two attached hydrogens (primary N) is 1. The van der Waals surface area contributed by atoms with Crippen molar-refractivity contribution in [2.24, 2.45) is 0 Å². The van der Waals surface area contributed by atoms with Crippen LogP contribution < -0.4 is 15.4 Å². The lowest BCUT2D eigenvalue weighted by atomic mass is 9.90. The maximum Gasteiger partial charge on any atom is 0.259 e. The summed E-state index contributed by atoms with van der Waals surface area (Å²) in [6.45, 7) is 2.67. The number of benzene rings is 1. The van der Waals surface area contributed by atoms with Crippen LogP contribution in [0.25, 0.3) is 17.2 Å². The molecule has 3 aromatic heterocycles. The molecule has 0 spiro atoms. The summed E-state index contributed by atoms with van der Waals surface area (Å²) in [4.78, 5) is 30.7. The Labute approximate surface area is 208 Å². The van der Waals surface area contributed by atoms with Gasteiger partial charge in [-0.05, 0) is 54.3 Å². The van der Waals surface area contributed by atoms with Gasteiger partial charge >= 0.3 is 0 Å². The molecule has 1 fully saturated rings. The summed E-state index contributed by atoms with van der Waals surface area (Å²) in [6.07, 6.45) is 8.78. The number of rotatable bonds is 4. The van der Waals surface area contributed by atoms with Crippen LogP contribution in [0.4, 0.5) is 11.5 Å². The molecule has 10 nitrogen and oxygen atoms in total. The van der Waals surface area contributed by atoms with Crippen molar-refractivity contribution in [3.63, 3.8) is 0 Å². The van der Waals surface area contributed by atoms with Crippen LogP contribution in [0.3, 0.4) is 0 Å². The number of fused-ring (bicyclic) bond motifs is 3. The lowest BCUT2D eigenvalue weighted by Crippen LogP contribution is -2.48. The molecule has 10 heteroatoms. The van der Waals surface area contributed by atoms with E-state index in [1.54, 1.807) is 25.7 Å². The lowest BCUT2D eigenvalue weighted by molar-refractivity contribution is 0.0748. The highest BCUT2D eigenvalue weighted by Crippen LogP contribution is 2.34. The number of methoxy groups -OCH3 is 1. The Kier molecular flexibility index (Phi) is 5.48. The normalized spacial score (nSPS) is 14.8. The number of carbonyl (C=O) groups excluding carboxylic acids is 1. The fourth-order valence-electron chi connectivity index (χ4n) is 4.88. The van der Waals surface area contributed by atoms with Gasteiger partial charge in [0, 0.05) is 62.2 Å². The van der Waals surface area contributed by atoms with E-state index in [0.29, 0.717) is 24.6 Å². The smallest absolute Gasteiger partial charge is 0.259 e. The van der Waals surface area contributed by atoms with E-state index < -0.39 is 0 Å². The Morgan fingerprint density at radius 3 is 2.58 bits per heavy atom. The molecule has 0 unspecified atom stereocenters. The number of hydrogen-bond acceptors (Lipinski definition) is 8. The van der Waals surface area contributed by atoms with Crippen molar-refractivity contribution < 1.29 is 9.53 Å². The van der Waals surface area contributed by atoms with Crippen LogP contribution in [0.5, 0.6) is 5.75 Å². The molecular formula is C26H26N8O2. The van der Waals surface area contributed by atoms with Gasteiger partial charge in [0.1, 0.15) is 11.3 Å². The molecule has 0 bridgehead atoms. The van der Waals surface area contributed by atoms with E-state index in [0.717, 1.165) is 54.2 Å². The number of aromatic nitrogens is 5. The van der Waals surface area contributed by atoms with Crippen LogP contribution in [-0.4, -0.2) is 68.8 Å². The van der Waals surface area contributed by atoms with Crippen LogP contribution in [0.2, 0.25) is 0 Å². The monoisotopic (exact) mass is 482 g/mol. The predicted octanol–water partition coefficient (Wildman–Crippen LogP) is 2.38. The summed E-state index contributed by atoms with van der Waals surface area (Å²) in [5.74, 6) is 1.24. The van der Waals surface area contributed by atoms with Gasteiger partial charge in [-0.3, -0.25) is 9.78 Å². The van der Waals surface area contributed by atoms with Crippen LogP contribution >= 0.6 is 0 Å². The highest BCUT2D eigenvalue weighted by Gasteiger charge is 2.26. The highest BCUT2D eigenvalue weighted by molar-refractivity contribution is 5.98. The van der Waals surface area contributed by atoms with Gasteiger partial charge in [0.05, 0.1) is 12.8 Å². The molecule has 1 aliphatic heterocycles. The third kappa shape index (κ3) is 3.90. The fourth-order valence-corrected chi connectivity index (χ4v) is 4.88. The van der Waals surface area contributed by atoms with Gasteiger partial charge in [-0.25, -0.2) is 14.6 Å². The highest BCUT2D eigenvalue weighted by atomic mass is 16.5. The van der Waals surface area contributed by atoms with Crippen LogP contribution in [0.15, 0.2) is 55.1 Å². The van der Waals surface area contributed by atoms with Gasteiger partial charge in [0.2, 0.25) is 0 Å². The van der Waals surface area contributed by atoms with Crippen molar-refractivity contribution in [3.8, 4) is 23.0 Å². The zero-order chi connectivity index (χ0) is 24.6. The van der Waals surface area contributed by atoms with E-state index in [1.807, 2.05) is 35.4 Å². The summed E-state index contributed by atoms with van der Waals surface area (Å²) < 4.78 is 6.87. The van der Waals surface area contributed by atoms with Crippen molar-refractivity contribution >= 4 is 17.4 Å². The summed E-state index contributed by atoms with van der Waals surface area (Å²) in [6, 6.07) is 9.98. The first-order valence-electron chi connectivity index (χ1n) is 11.9. The quantitative estimate of drug-likeness (QED) is 0.471. The third-order valence-electron chi connectivity index (χ3n) is 6.86. The molecule has 0 saturated carbocycles. The van der Waals surface area contributed by atoms with E-state index in [-0.39, 0.29) is 11.7 Å². The molecule has 1 aromatic carbocycles. The minimum Gasteiger partial charge on any atom is -0.497 e. The number of amides is 1. The summed E-state index contributed by atoms with van der Waals surface area (Å²) >= 11 is 0. The second kappa shape index (κ2) is 8.95. The van der Waals surface area contributed by atoms with Crippen LogP contribution in [0.1, 0.15) is 21.5 Å². The molecule has 0 radical (unpaired) electrons. The Morgan fingerprint density at radius 1 is 1.03 bits per heavy atom. The molecule has 182 valence electrons. The van der Waals surface area contributed by atoms with E-state index in [1.165, 1.54) is 10.2 Å². The number of nitrogen functional groups attached to an aromatic ring is 1. The second-order valence-electron chi connectivity index (χ2n) is 8.92. The topological polar surface area (TPSA) is 115 Å². The molecule has 1 saturated heterocycles. The Balaban J connectivity index is 1.23. The zero-order valence-corrected chi connectivity index (χ0v) is 20.0. The van der Waals surface area contributed by atoms with Crippen LogP contribution in [-0.2, 0) is 12.8 Å².